The Balaban J connectivity index is 1.81. The third-order valence-electron chi connectivity index (χ3n) is 4.24. The van der Waals surface area contributed by atoms with Gasteiger partial charge in [0.05, 0.1) is 10.4 Å². The highest BCUT2D eigenvalue weighted by Gasteiger charge is 2.00. The van der Waals surface area contributed by atoms with Crippen LogP contribution in [0.5, 0.6) is 0 Å². The zero-order valence-corrected chi connectivity index (χ0v) is 14.0. The standard InChI is InChI=1S/C20H15ClN4/c21-19-10-18-9-16-4-3-14(23-16)7-12-1-2-13(22-12)8-15-5-6-17(24-15)11-20(19)25-18/h1-11,22-25H. The molecule has 0 radical (unpaired) electrons. The van der Waals surface area contributed by atoms with Gasteiger partial charge in [-0.25, -0.2) is 0 Å². The molecule has 4 aromatic heterocycles. The molecule has 25 heavy (non-hydrogen) atoms. The van der Waals surface area contributed by atoms with Crippen molar-refractivity contribution in [2.75, 3.05) is 0 Å². The second-order valence-corrected chi connectivity index (χ2v) is 6.58. The minimum absolute atomic E-state index is 0.697. The van der Waals surface area contributed by atoms with Crippen LogP contribution in [0.15, 0.2) is 42.5 Å². The average Bonchev–Trinajstić information content (AvgIpc) is 3.33. The van der Waals surface area contributed by atoms with E-state index in [0.29, 0.717) is 5.02 Å². The second-order valence-electron chi connectivity index (χ2n) is 6.17. The molecule has 4 N–H and O–H groups in total. The number of fused-ring (bicyclic) bond motifs is 8. The Morgan fingerprint density at radius 1 is 0.520 bits per heavy atom. The highest BCUT2D eigenvalue weighted by atomic mass is 35.5. The summed E-state index contributed by atoms with van der Waals surface area (Å²) in [4.78, 5) is 13.5. The van der Waals surface area contributed by atoms with E-state index < -0.39 is 0 Å². The van der Waals surface area contributed by atoms with Crippen molar-refractivity contribution >= 4 is 35.9 Å². The second kappa shape index (κ2) is 5.46. The molecule has 0 aromatic carbocycles. The number of aromatic nitrogens is 4. The summed E-state index contributed by atoms with van der Waals surface area (Å²) in [5, 5.41) is 4.63. The van der Waals surface area contributed by atoms with Crippen LogP contribution < -0.4 is 21.4 Å². The molecular weight excluding hydrogens is 332 g/mol. The number of hydrogen-bond acceptors (Lipinski definition) is 0. The van der Waals surface area contributed by atoms with E-state index in [0.717, 1.165) is 44.2 Å². The first-order valence-corrected chi connectivity index (χ1v) is 8.44. The van der Waals surface area contributed by atoms with E-state index in [1.54, 1.807) is 0 Å². The van der Waals surface area contributed by atoms with Gasteiger partial charge in [0.25, 0.3) is 0 Å². The maximum Gasteiger partial charge on any atom is 0.0662 e. The van der Waals surface area contributed by atoms with Gasteiger partial charge in [-0.05, 0) is 66.8 Å². The molecular formula is C20H15ClN4. The number of nitrogens with one attached hydrogen (secondary N) is 4. The van der Waals surface area contributed by atoms with Gasteiger partial charge in [-0.1, -0.05) is 11.6 Å². The molecule has 0 saturated heterocycles. The first-order chi connectivity index (χ1) is 12.2. The minimum Gasteiger partial charge on any atom is -0.355 e. The zero-order valence-electron chi connectivity index (χ0n) is 13.2. The fraction of sp³-hybridized carbons (Fsp3) is 0. The molecule has 122 valence electrons. The van der Waals surface area contributed by atoms with Crippen LogP contribution >= 0.6 is 11.6 Å². The lowest BCUT2D eigenvalue weighted by atomic mass is 10.3. The van der Waals surface area contributed by atoms with E-state index >= 15 is 0 Å². The van der Waals surface area contributed by atoms with Gasteiger partial charge in [0.15, 0.2) is 0 Å². The fourth-order valence-corrected chi connectivity index (χ4v) is 3.32. The Labute approximate surface area is 147 Å². The van der Waals surface area contributed by atoms with Crippen LogP contribution in [-0.2, 0) is 0 Å². The summed E-state index contributed by atoms with van der Waals surface area (Å²) in [7, 11) is 0. The van der Waals surface area contributed by atoms with Gasteiger partial charge < -0.3 is 19.9 Å². The summed E-state index contributed by atoms with van der Waals surface area (Å²) < 4.78 is 0. The third-order valence-corrected chi connectivity index (χ3v) is 4.56. The van der Waals surface area contributed by atoms with Gasteiger partial charge in [0.2, 0.25) is 0 Å². The van der Waals surface area contributed by atoms with Crippen molar-refractivity contribution in [3.8, 4) is 0 Å². The molecule has 0 unspecified atom stereocenters. The van der Waals surface area contributed by atoms with Gasteiger partial charge in [-0.15, -0.1) is 0 Å². The van der Waals surface area contributed by atoms with Crippen molar-refractivity contribution in [2.45, 2.75) is 0 Å². The molecule has 4 aromatic rings. The summed E-state index contributed by atoms with van der Waals surface area (Å²) in [5.74, 6) is 0. The zero-order chi connectivity index (χ0) is 16.8. The molecule has 5 heterocycles. The highest BCUT2D eigenvalue weighted by molar-refractivity contribution is 6.30. The molecule has 0 fully saturated rings. The Kier molecular flexibility index (Phi) is 3.11. The van der Waals surface area contributed by atoms with Crippen LogP contribution in [0.25, 0.3) is 24.3 Å². The van der Waals surface area contributed by atoms with Gasteiger partial charge in [-0.3, -0.25) is 0 Å². The smallest absolute Gasteiger partial charge is 0.0662 e. The van der Waals surface area contributed by atoms with Crippen molar-refractivity contribution in [3.63, 3.8) is 0 Å². The Bertz CT molecular complexity index is 1310. The molecule has 1 aliphatic rings. The maximum absolute atomic E-state index is 6.38. The van der Waals surface area contributed by atoms with Crippen LogP contribution in [0, 0.1) is 0 Å². The first kappa shape index (κ1) is 14.3. The van der Waals surface area contributed by atoms with Crippen LogP contribution in [0.4, 0.5) is 0 Å². The normalized spacial score (nSPS) is 12.7. The summed E-state index contributed by atoms with van der Waals surface area (Å²) in [6.07, 6.45) is 8.22. The third kappa shape index (κ3) is 2.77. The Morgan fingerprint density at radius 3 is 1.64 bits per heavy atom. The fourth-order valence-electron chi connectivity index (χ4n) is 3.10. The van der Waals surface area contributed by atoms with Gasteiger partial charge >= 0.3 is 0 Å². The van der Waals surface area contributed by atoms with Crippen molar-refractivity contribution < 1.29 is 0 Å². The Hall–Kier alpha value is -3.11. The minimum atomic E-state index is 0.697. The largest absolute Gasteiger partial charge is 0.355 e. The molecule has 5 rings (SSSR count). The number of aromatic amines is 4. The van der Waals surface area contributed by atoms with E-state index in [2.05, 4.69) is 62.4 Å². The van der Waals surface area contributed by atoms with E-state index in [-0.39, 0.29) is 0 Å². The lowest BCUT2D eigenvalue weighted by molar-refractivity contribution is 1.23. The molecule has 8 bridgehead atoms. The lowest BCUT2D eigenvalue weighted by Gasteiger charge is -1.89. The summed E-state index contributed by atoms with van der Waals surface area (Å²) in [6, 6.07) is 14.3. The predicted molar refractivity (Wildman–Crippen MR) is 101 cm³/mol. The number of rotatable bonds is 0. The summed E-state index contributed by atoms with van der Waals surface area (Å²) in [5.41, 5.74) is 4.08. The van der Waals surface area contributed by atoms with Crippen LogP contribution in [-0.4, -0.2) is 19.9 Å². The first-order valence-electron chi connectivity index (χ1n) is 8.06. The highest BCUT2D eigenvalue weighted by Crippen LogP contribution is 2.06. The van der Waals surface area contributed by atoms with Gasteiger partial charge in [0, 0.05) is 38.8 Å². The SMILES string of the molecule is Clc1cc2[nH]c1=Cc1ccc([nH]1)C=c1ccc([nH]1)=Cc1ccc([nH]1)C=2. The van der Waals surface area contributed by atoms with E-state index in [1.165, 1.54) is 0 Å². The molecule has 0 spiro atoms. The van der Waals surface area contributed by atoms with Crippen molar-refractivity contribution in [3.05, 3.63) is 91.7 Å². The van der Waals surface area contributed by atoms with Crippen molar-refractivity contribution in [1.29, 1.82) is 0 Å². The number of hydrogen-bond donors (Lipinski definition) is 4. The van der Waals surface area contributed by atoms with Crippen LogP contribution in [0.2, 0.25) is 5.02 Å². The topological polar surface area (TPSA) is 63.2 Å². The quantitative estimate of drug-likeness (QED) is 0.326. The van der Waals surface area contributed by atoms with Crippen molar-refractivity contribution in [1.82, 2.24) is 19.9 Å². The summed E-state index contributed by atoms with van der Waals surface area (Å²) >= 11 is 6.38. The van der Waals surface area contributed by atoms with E-state index in [4.69, 9.17) is 11.6 Å². The number of halogens is 1. The van der Waals surface area contributed by atoms with Gasteiger partial charge in [0.1, 0.15) is 0 Å². The number of H-pyrrole nitrogens is 4. The molecule has 1 aliphatic heterocycles. The average molecular weight is 347 g/mol. The summed E-state index contributed by atoms with van der Waals surface area (Å²) in [6.45, 7) is 0. The molecule has 0 saturated carbocycles. The van der Waals surface area contributed by atoms with Crippen LogP contribution in [0.1, 0.15) is 22.8 Å². The Morgan fingerprint density at radius 2 is 1.04 bits per heavy atom. The molecule has 5 heteroatoms. The van der Waals surface area contributed by atoms with E-state index in [1.807, 2.05) is 24.3 Å². The molecule has 0 amide bonds. The van der Waals surface area contributed by atoms with Gasteiger partial charge in [-0.2, -0.15) is 0 Å². The van der Waals surface area contributed by atoms with Crippen LogP contribution in [0.3, 0.4) is 0 Å². The van der Waals surface area contributed by atoms with E-state index in [9.17, 15) is 0 Å². The molecule has 4 nitrogen and oxygen atoms in total. The predicted octanol–water partition coefficient (Wildman–Crippen LogP) is 1.28. The maximum atomic E-state index is 6.38. The van der Waals surface area contributed by atoms with Crippen molar-refractivity contribution in [2.24, 2.45) is 0 Å². The lowest BCUT2D eigenvalue weighted by Crippen LogP contribution is -2.10. The monoisotopic (exact) mass is 346 g/mol. The molecule has 0 aliphatic carbocycles. The molecule has 0 atom stereocenters.